The van der Waals surface area contributed by atoms with Gasteiger partial charge in [-0.3, -0.25) is 9.00 Å². The van der Waals surface area contributed by atoms with Crippen LogP contribution in [0.1, 0.15) is 30.0 Å². The lowest BCUT2D eigenvalue weighted by Crippen LogP contribution is -1.96. The van der Waals surface area contributed by atoms with Gasteiger partial charge >= 0.3 is 5.97 Å². The zero-order chi connectivity index (χ0) is 17.3. The van der Waals surface area contributed by atoms with Crippen molar-refractivity contribution in [2.24, 2.45) is 0 Å². The minimum Gasteiger partial charge on any atom is -0.481 e. The van der Waals surface area contributed by atoms with Crippen LogP contribution in [-0.4, -0.2) is 21.5 Å². The van der Waals surface area contributed by atoms with E-state index in [0.29, 0.717) is 0 Å². The average molecular weight is 338 g/mol. The highest BCUT2D eigenvalue weighted by molar-refractivity contribution is 7.84. The van der Waals surface area contributed by atoms with E-state index in [1.54, 1.807) is 6.26 Å². The van der Waals surface area contributed by atoms with E-state index in [1.807, 2.05) is 55.5 Å². The fourth-order valence-electron chi connectivity index (χ4n) is 3.04. The normalized spacial score (nSPS) is 16.3. The summed E-state index contributed by atoms with van der Waals surface area (Å²) in [7, 11) is -0.992. The summed E-state index contributed by atoms with van der Waals surface area (Å²) in [6, 6.07) is 15.5. The highest BCUT2D eigenvalue weighted by atomic mass is 32.2. The molecule has 122 valence electrons. The molecule has 0 aromatic heterocycles. The van der Waals surface area contributed by atoms with E-state index >= 15 is 0 Å². The standard InChI is InChI=1S/C20H18O3S/c1-13-18(11-14-7-9-15(10-8-14)24(2)23)16-5-3-4-6-17(16)19(13)12-20(21)22/h3-11H,12H2,1-2H3,(H,21,22). The molecule has 1 unspecified atom stereocenters. The van der Waals surface area contributed by atoms with Crippen molar-refractivity contribution in [2.45, 2.75) is 18.2 Å². The first kappa shape index (κ1) is 16.4. The van der Waals surface area contributed by atoms with E-state index in [1.165, 1.54) is 0 Å². The summed E-state index contributed by atoms with van der Waals surface area (Å²) in [5.74, 6) is -0.824. The molecule has 1 atom stereocenters. The zero-order valence-electron chi connectivity index (χ0n) is 13.6. The number of allylic oxidation sites excluding steroid dienone is 2. The lowest BCUT2D eigenvalue weighted by molar-refractivity contribution is -0.135. The molecule has 0 amide bonds. The van der Waals surface area contributed by atoms with Crippen LogP contribution in [-0.2, 0) is 15.6 Å². The van der Waals surface area contributed by atoms with Crippen LogP contribution in [0, 0.1) is 0 Å². The minimum atomic E-state index is -0.992. The monoisotopic (exact) mass is 338 g/mol. The minimum absolute atomic E-state index is 0.0218. The first-order chi connectivity index (χ1) is 11.5. The Morgan fingerprint density at radius 1 is 1.08 bits per heavy atom. The molecule has 2 aromatic rings. The molecular weight excluding hydrogens is 320 g/mol. The van der Waals surface area contributed by atoms with E-state index in [-0.39, 0.29) is 6.42 Å². The van der Waals surface area contributed by atoms with E-state index < -0.39 is 16.8 Å². The second-order valence-corrected chi connectivity index (χ2v) is 7.18. The molecule has 1 aliphatic rings. The molecule has 0 aliphatic heterocycles. The Balaban J connectivity index is 2.07. The lowest BCUT2D eigenvalue weighted by Gasteiger charge is -2.04. The number of carboxylic acids is 1. The van der Waals surface area contributed by atoms with Crippen LogP contribution < -0.4 is 0 Å². The summed E-state index contributed by atoms with van der Waals surface area (Å²) in [5.41, 5.74) is 5.99. The van der Waals surface area contributed by atoms with E-state index in [4.69, 9.17) is 0 Å². The number of benzene rings is 2. The Morgan fingerprint density at radius 3 is 2.29 bits per heavy atom. The highest BCUT2D eigenvalue weighted by Gasteiger charge is 2.24. The van der Waals surface area contributed by atoms with Crippen LogP contribution in [0.2, 0.25) is 0 Å². The molecule has 0 saturated heterocycles. The summed E-state index contributed by atoms with van der Waals surface area (Å²) < 4.78 is 11.5. The number of rotatable bonds is 4. The number of hydrogen-bond acceptors (Lipinski definition) is 2. The van der Waals surface area contributed by atoms with E-state index in [9.17, 15) is 14.1 Å². The molecule has 0 spiro atoms. The average Bonchev–Trinajstić information content (AvgIpc) is 2.81. The first-order valence-electron chi connectivity index (χ1n) is 7.64. The maximum atomic E-state index is 11.5. The van der Waals surface area contributed by atoms with Crippen molar-refractivity contribution in [3.05, 3.63) is 70.8 Å². The van der Waals surface area contributed by atoms with Gasteiger partial charge in [0.1, 0.15) is 0 Å². The van der Waals surface area contributed by atoms with Gasteiger partial charge in [0, 0.05) is 22.0 Å². The third-order valence-electron chi connectivity index (χ3n) is 4.25. The number of hydrogen-bond donors (Lipinski definition) is 1. The van der Waals surface area contributed by atoms with Crippen LogP contribution in [0.3, 0.4) is 0 Å². The fraction of sp³-hybridized carbons (Fsp3) is 0.150. The summed E-state index contributed by atoms with van der Waals surface area (Å²) >= 11 is 0. The highest BCUT2D eigenvalue weighted by Crippen LogP contribution is 2.43. The Morgan fingerprint density at radius 2 is 1.71 bits per heavy atom. The molecule has 2 aromatic carbocycles. The maximum Gasteiger partial charge on any atom is 0.307 e. The quantitative estimate of drug-likeness (QED) is 0.908. The molecule has 4 heteroatoms. The number of fused-ring (bicyclic) bond motifs is 1. The Hall–Kier alpha value is -2.46. The van der Waals surface area contributed by atoms with Gasteiger partial charge in [-0.2, -0.15) is 0 Å². The second kappa shape index (κ2) is 6.57. The SMILES string of the molecule is CC1=C(CC(=O)O)c2ccccc2C1=Cc1ccc(S(C)=O)cc1. The Labute approximate surface area is 143 Å². The lowest BCUT2D eigenvalue weighted by atomic mass is 10.0. The van der Waals surface area contributed by atoms with Crippen LogP contribution >= 0.6 is 0 Å². The molecule has 0 saturated carbocycles. The molecule has 0 radical (unpaired) electrons. The van der Waals surface area contributed by atoms with Crippen molar-refractivity contribution in [3.63, 3.8) is 0 Å². The predicted octanol–water partition coefficient (Wildman–Crippen LogP) is 4.23. The van der Waals surface area contributed by atoms with Crippen molar-refractivity contribution < 1.29 is 14.1 Å². The third-order valence-corrected chi connectivity index (χ3v) is 5.19. The fourth-order valence-corrected chi connectivity index (χ4v) is 3.55. The van der Waals surface area contributed by atoms with Gasteiger partial charge in [0.15, 0.2) is 0 Å². The van der Waals surface area contributed by atoms with E-state index in [2.05, 4.69) is 6.08 Å². The van der Waals surface area contributed by atoms with Crippen molar-refractivity contribution in [2.75, 3.05) is 6.26 Å². The second-order valence-electron chi connectivity index (χ2n) is 5.80. The van der Waals surface area contributed by atoms with Gasteiger partial charge in [-0.05, 0) is 58.5 Å². The van der Waals surface area contributed by atoms with Gasteiger partial charge in [-0.1, -0.05) is 36.4 Å². The smallest absolute Gasteiger partial charge is 0.307 e. The summed E-state index contributed by atoms with van der Waals surface area (Å²) in [5, 5.41) is 9.19. The van der Waals surface area contributed by atoms with Crippen LogP contribution in [0.5, 0.6) is 0 Å². The Bertz CT molecular complexity index is 889. The molecule has 3 nitrogen and oxygen atoms in total. The maximum absolute atomic E-state index is 11.5. The molecule has 1 aliphatic carbocycles. The molecule has 0 fully saturated rings. The molecule has 24 heavy (non-hydrogen) atoms. The third kappa shape index (κ3) is 3.10. The van der Waals surface area contributed by atoms with Gasteiger partial charge in [0.2, 0.25) is 0 Å². The van der Waals surface area contributed by atoms with Gasteiger partial charge in [0.25, 0.3) is 0 Å². The summed E-state index contributed by atoms with van der Waals surface area (Å²) in [6.07, 6.45) is 3.74. The van der Waals surface area contributed by atoms with Gasteiger partial charge in [-0.15, -0.1) is 0 Å². The zero-order valence-corrected chi connectivity index (χ0v) is 14.4. The van der Waals surface area contributed by atoms with Gasteiger partial charge in [-0.25, -0.2) is 0 Å². The predicted molar refractivity (Wildman–Crippen MR) is 97.9 cm³/mol. The van der Waals surface area contributed by atoms with Crippen LogP contribution in [0.15, 0.2) is 59.0 Å². The summed E-state index contributed by atoms with van der Waals surface area (Å²) in [6.45, 7) is 1.97. The molecule has 0 bridgehead atoms. The van der Waals surface area contributed by atoms with Crippen molar-refractivity contribution >= 4 is 34.0 Å². The first-order valence-corrected chi connectivity index (χ1v) is 9.20. The van der Waals surface area contributed by atoms with Crippen molar-refractivity contribution in [1.82, 2.24) is 0 Å². The molecule has 0 heterocycles. The van der Waals surface area contributed by atoms with Crippen molar-refractivity contribution in [1.29, 1.82) is 0 Å². The van der Waals surface area contributed by atoms with E-state index in [0.717, 1.165) is 38.3 Å². The summed E-state index contributed by atoms with van der Waals surface area (Å²) in [4.78, 5) is 12.0. The molecular formula is C20H18O3S. The Kier molecular flexibility index (Phi) is 4.49. The number of aliphatic carboxylic acids is 1. The largest absolute Gasteiger partial charge is 0.481 e. The molecule has 3 rings (SSSR count). The van der Waals surface area contributed by atoms with Crippen LogP contribution in [0.4, 0.5) is 0 Å². The van der Waals surface area contributed by atoms with Gasteiger partial charge in [0.05, 0.1) is 6.42 Å². The number of carboxylic acid groups (broad SMARTS) is 1. The van der Waals surface area contributed by atoms with Gasteiger partial charge < -0.3 is 5.11 Å². The van der Waals surface area contributed by atoms with Crippen molar-refractivity contribution in [3.8, 4) is 0 Å². The number of carbonyl (C=O) groups is 1. The topological polar surface area (TPSA) is 54.4 Å². The molecule has 1 N–H and O–H groups in total. The van der Waals surface area contributed by atoms with Crippen LogP contribution in [0.25, 0.3) is 17.2 Å².